The Hall–Kier alpha value is -2.48. The second kappa shape index (κ2) is 6.53. The lowest BCUT2D eigenvalue weighted by Crippen LogP contribution is -2.54. The Balaban J connectivity index is 1.56. The highest BCUT2D eigenvalue weighted by atomic mass is 35.5. The van der Waals surface area contributed by atoms with Crippen molar-refractivity contribution in [1.29, 1.82) is 0 Å². The van der Waals surface area contributed by atoms with Gasteiger partial charge in [-0.3, -0.25) is 19.3 Å². The van der Waals surface area contributed by atoms with Crippen molar-refractivity contribution >= 4 is 52.3 Å². The van der Waals surface area contributed by atoms with Crippen LogP contribution in [0.2, 0.25) is 10.0 Å². The molecule has 0 aliphatic carbocycles. The highest BCUT2D eigenvalue weighted by Crippen LogP contribution is 2.61. The number of hydrogen-bond acceptors (Lipinski definition) is 4. The maximum atomic E-state index is 13.8. The number of halogens is 3. The predicted octanol–water partition coefficient (Wildman–Crippen LogP) is 3.87. The van der Waals surface area contributed by atoms with Crippen LogP contribution in [0.5, 0.6) is 0 Å². The molecule has 4 aliphatic heterocycles. The summed E-state index contributed by atoms with van der Waals surface area (Å²) in [6.45, 7) is 2.44. The zero-order chi connectivity index (χ0) is 22.5. The van der Waals surface area contributed by atoms with E-state index in [0.29, 0.717) is 22.8 Å². The minimum Gasteiger partial charge on any atom is -0.324 e. The normalized spacial score (nSPS) is 30.8. The Labute approximate surface area is 193 Å². The summed E-state index contributed by atoms with van der Waals surface area (Å²) >= 11 is 12.2. The molecule has 0 saturated carbocycles. The zero-order valence-corrected chi connectivity index (χ0v) is 18.5. The summed E-state index contributed by atoms with van der Waals surface area (Å²) in [4.78, 5) is 44.2. The Morgan fingerprint density at radius 2 is 1.88 bits per heavy atom. The molecule has 4 atom stereocenters. The molecule has 3 amide bonds. The van der Waals surface area contributed by atoms with Gasteiger partial charge in [-0.15, -0.1) is 0 Å². The van der Waals surface area contributed by atoms with Gasteiger partial charge in [0.1, 0.15) is 11.4 Å². The van der Waals surface area contributed by atoms with Crippen LogP contribution in [-0.4, -0.2) is 35.2 Å². The first-order valence-electron chi connectivity index (χ1n) is 10.5. The molecule has 1 spiro atoms. The lowest BCUT2D eigenvalue weighted by molar-refractivity contribution is -0.135. The standard InChI is InChI=1S/C23H18Cl2FN3O3/c1-10-13(24)6-5-12-19(10)27-22(32)23(12)18-17(16-3-2-8-28(16)23)20(30)29(21(18)31)11-4-7-15(26)14(25)9-11/h4-7,9,16-18H,2-3,8H2,1H3,(H,27,32)/t16-,17+,18-,23+/m0/s1. The first-order chi connectivity index (χ1) is 15.3. The fourth-order valence-electron chi connectivity index (χ4n) is 6.27. The van der Waals surface area contributed by atoms with Crippen LogP contribution in [0.25, 0.3) is 0 Å². The fourth-order valence-corrected chi connectivity index (χ4v) is 6.60. The molecule has 0 bridgehead atoms. The molecule has 3 fully saturated rings. The quantitative estimate of drug-likeness (QED) is 0.638. The molecular weight excluding hydrogens is 456 g/mol. The van der Waals surface area contributed by atoms with Gasteiger partial charge in [0.25, 0.3) is 0 Å². The number of hydrogen-bond donors (Lipinski definition) is 1. The van der Waals surface area contributed by atoms with Crippen molar-refractivity contribution < 1.29 is 18.8 Å². The summed E-state index contributed by atoms with van der Waals surface area (Å²) in [6, 6.07) is 7.06. The van der Waals surface area contributed by atoms with Gasteiger partial charge in [0.15, 0.2) is 0 Å². The van der Waals surface area contributed by atoms with Crippen molar-refractivity contribution in [1.82, 2.24) is 4.90 Å². The molecule has 2 aromatic rings. The fraction of sp³-hybridized carbons (Fsp3) is 0.348. The largest absolute Gasteiger partial charge is 0.324 e. The number of benzene rings is 2. The lowest BCUT2D eigenvalue weighted by Gasteiger charge is -2.36. The third kappa shape index (κ3) is 2.21. The van der Waals surface area contributed by atoms with E-state index in [1.807, 2.05) is 11.8 Å². The Morgan fingerprint density at radius 3 is 2.62 bits per heavy atom. The summed E-state index contributed by atoms with van der Waals surface area (Å²) in [5, 5.41) is 3.30. The topological polar surface area (TPSA) is 69.7 Å². The van der Waals surface area contributed by atoms with Gasteiger partial charge < -0.3 is 5.32 Å². The monoisotopic (exact) mass is 473 g/mol. The Kier molecular flexibility index (Phi) is 4.11. The van der Waals surface area contributed by atoms with Gasteiger partial charge in [-0.2, -0.15) is 0 Å². The van der Waals surface area contributed by atoms with E-state index < -0.39 is 29.1 Å². The molecule has 4 aliphatic rings. The van der Waals surface area contributed by atoms with Crippen molar-refractivity contribution in [2.75, 3.05) is 16.8 Å². The number of imide groups is 1. The third-order valence-corrected chi connectivity index (χ3v) is 8.22. The third-order valence-electron chi connectivity index (χ3n) is 7.52. The number of nitrogens with one attached hydrogen (secondary N) is 1. The van der Waals surface area contributed by atoms with Crippen molar-refractivity contribution in [3.8, 4) is 0 Å². The summed E-state index contributed by atoms with van der Waals surface area (Å²) in [6.07, 6.45) is 1.55. The smallest absolute Gasteiger partial charge is 0.250 e. The highest BCUT2D eigenvalue weighted by Gasteiger charge is 2.74. The molecule has 0 radical (unpaired) electrons. The molecule has 164 valence electrons. The zero-order valence-electron chi connectivity index (χ0n) is 17.0. The minimum absolute atomic E-state index is 0.174. The molecule has 0 unspecified atom stereocenters. The van der Waals surface area contributed by atoms with Crippen LogP contribution >= 0.6 is 23.2 Å². The van der Waals surface area contributed by atoms with Gasteiger partial charge in [0.2, 0.25) is 17.7 Å². The summed E-state index contributed by atoms with van der Waals surface area (Å²) < 4.78 is 13.7. The maximum Gasteiger partial charge on any atom is 0.250 e. The molecule has 4 heterocycles. The summed E-state index contributed by atoms with van der Waals surface area (Å²) in [5.41, 5.74) is 0.960. The van der Waals surface area contributed by atoms with Crippen LogP contribution in [0, 0.1) is 24.6 Å². The maximum absolute atomic E-state index is 13.8. The first-order valence-corrected chi connectivity index (χ1v) is 11.2. The van der Waals surface area contributed by atoms with E-state index in [1.165, 1.54) is 12.1 Å². The van der Waals surface area contributed by atoms with Gasteiger partial charge in [-0.05, 0) is 56.1 Å². The van der Waals surface area contributed by atoms with Gasteiger partial charge in [0.05, 0.1) is 28.2 Å². The van der Waals surface area contributed by atoms with Crippen LogP contribution in [-0.2, 0) is 19.9 Å². The van der Waals surface area contributed by atoms with Gasteiger partial charge >= 0.3 is 0 Å². The average Bonchev–Trinajstić information content (AvgIpc) is 3.46. The molecule has 6 rings (SSSR count). The highest BCUT2D eigenvalue weighted by molar-refractivity contribution is 6.33. The van der Waals surface area contributed by atoms with E-state index in [2.05, 4.69) is 5.32 Å². The number of fused-ring (bicyclic) bond motifs is 7. The van der Waals surface area contributed by atoms with Gasteiger partial charge in [-0.1, -0.05) is 29.3 Å². The number of rotatable bonds is 1. The molecular formula is C23H18Cl2FN3O3. The molecule has 0 aromatic heterocycles. The van der Waals surface area contributed by atoms with Crippen LogP contribution < -0.4 is 10.2 Å². The van der Waals surface area contributed by atoms with Gasteiger partial charge in [0, 0.05) is 16.6 Å². The van der Waals surface area contributed by atoms with Crippen LogP contribution in [0.4, 0.5) is 15.8 Å². The Bertz CT molecular complexity index is 1250. The van der Waals surface area contributed by atoms with Crippen molar-refractivity contribution in [2.24, 2.45) is 11.8 Å². The van der Waals surface area contributed by atoms with E-state index in [0.717, 1.165) is 29.4 Å². The second-order valence-corrected chi connectivity index (χ2v) is 9.65. The average molecular weight is 474 g/mol. The number of carbonyl (C=O) groups is 3. The number of anilines is 2. The molecule has 6 nitrogen and oxygen atoms in total. The number of amides is 3. The van der Waals surface area contributed by atoms with E-state index >= 15 is 0 Å². The van der Waals surface area contributed by atoms with Crippen LogP contribution in [0.1, 0.15) is 24.0 Å². The summed E-state index contributed by atoms with van der Waals surface area (Å²) in [7, 11) is 0. The lowest BCUT2D eigenvalue weighted by atomic mass is 9.75. The molecule has 1 N–H and O–H groups in total. The molecule has 3 saturated heterocycles. The number of carbonyl (C=O) groups excluding carboxylic acids is 3. The predicted molar refractivity (Wildman–Crippen MR) is 117 cm³/mol. The van der Waals surface area contributed by atoms with E-state index in [1.54, 1.807) is 12.1 Å². The van der Waals surface area contributed by atoms with Crippen molar-refractivity contribution in [3.63, 3.8) is 0 Å². The molecule has 2 aromatic carbocycles. The second-order valence-electron chi connectivity index (χ2n) is 8.83. The minimum atomic E-state index is -1.28. The van der Waals surface area contributed by atoms with E-state index in [9.17, 15) is 18.8 Å². The van der Waals surface area contributed by atoms with Crippen molar-refractivity contribution in [2.45, 2.75) is 31.3 Å². The van der Waals surface area contributed by atoms with E-state index in [4.69, 9.17) is 23.2 Å². The first kappa shape index (κ1) is 20.1. The Morgan fingerprint density at radius 1 is 1.09 bits per heavy atom. The van der Waals surface area contributed by atoms with Crippen LogP contribution in [0.3, 0.4) is 0 Å². The van der Waals surface area contributed by atoms with E-state index in [-0.39, 0.29) is 28.6 Å². The SMILES string of the molecule is Cc1c(Cl)ccc2c1NC(=O)[C@]21[C@@H]2C(=O)N(c3ccc(F)c(Cl)c3)C(=O)[C@@H]2[C@@H]2CCCN21. The molecule has 9 heteroatoms. The summed E-state index contributed by atoms with van der Waals surface area (Å²) in [5.74, 6) is -3.33. The number of nitrogens with zero attached hydrogens (tertiary/aromatic N) is 2. The van der Waals surface area contributed by atoms with Gasteiger partial charge in [-0.25, -0.2) is 9.29 Å². The van der Waals surface area contributed by atoms with Crippen molar-refractivity contribution in [3.05, 3.63) is 57.3 Å². The molecule has 32 heavy (non-hydrogen) atoms. The van der Waals surface area contributed by atoms with Crippen LogP contribution in [0.15, 0.2) is 30.3 Å².